The van der Waals surface area contributed by atoms with Gasteiger partial charge in [0, 0.05) is 15.9 Å². The SMILES string of the molecule is Ic1c(OP(c2ccccc2)c2ccccc2)cccc1C12C=CC=CC1S2. The molecule has 0 bridgehead atoms. The van der Waals surface area contributed by atoms with Crippen LogP contribution in [0, 0.1) is 3.57 Å². The summed E-state index contributed by atoms with van der Waals surface area (Å²) < 4.78 is 8.03. The van der Waals surface area contributed by atoms with E-state index in [0.717, 1.165) is 5.75 Å². The number of hydrogen-bond acceptors (Lipinski definition) is 2. The van der Waals surface area contributed by atoms with Crippen LogP contribution in [0.4, 0.5) is 0 Å². The fraction of sp³-hybridized carbons (Fsp3) is 0.0833. The van der Waals surface area contributed by atoms with Gasteiger partial charge < -0.3 is 4.52 Å². The molecule has 0 spiro atoms. The third-order valence-electron chi connectivity index (χ3n) is 4.98. The molecule has 5 rings (SSSR count). The van der Waals surface area contributed by atoms with Gasteiger partial charge in [0.2, 0.25) is 0 Å². The highest BCUT2D eigenvalue weighted by atomic mass is 127. The van der Waals surface area contributed by atoms with Crippen LogP contribution in [0.25, 0.3) is 0 Å². The molecule has 2 aliphatic rings. The van der Waals surface area contributed by atoms with Crippen LogP contribution in [-0.4, -0.2) is 5.25 Å². The normalized spacial score (nSPS) is 22.1. The predicted octanol–water partition coefficient (Wildman–Crippen LogP) is 6.15. The number of halogens is 1. The number of fused-ring (bicyclic) bond motifs is 1. The Labute approximate surface area is 184 Å². The zero-order chi connectivity index (χ0) is 19.0. The first-order valence-electron chi connectivity index (χ1n) is 9.19. The summed E-state index contributed by atoms with van der Waals surface area (Å²) in [5.41, 5.74) is 1.36. The largest absolute Gasteiger partial charge is 0.463 e. The monoisotopic (exact) mass is 512 g/mol. The Morgan fingerprint density at radius 2 is 1.50 bits per heavy atom. The quantitative estimate of drug-likeness (QED) is 0.230. The van der Waals surface area contributed by atoms with Crippen LogP contribution in [0.2, 0.25) is 0 Å². The van der Waals surface area contributed by atoms with Crippen molar-refractivity contribution in [1.82, 2.24) is 0 Å². The Kier molecular flexibility index (Phi) is 5.08. The third-order valence-corrected chi connectivity index (χ3v) is 9.54. The van der Waals surface area contributed by atoms with Crippen molar-refractivity contribution in [3.8, 4) is 5.75 Å². The van der Waals surface area contributed by atoms with Crippen molar-refractivity contribution in [2.75, 3.05) is 0 Å². The highest BCUT2D eigenvalue weighted by Crippen LogP contribution is 2.65. The molecule has 2 unspecified atom stereocenters. The fourth-order valence-corrected chi connectivity index (χ4v) is 7.80. The van der Waals surface area contributed by atoms with E-state index in [-0.39, 0.29) is 4.75 Å². The first kappa shape index (κ1) is 18.5. The second-order valence-electron chi connectivity index (χ2n) is 6.75. The zero-order valence-corrected chi connectivity index (χ0v) is 18.9. The van der Waals surface area contributed by atoms with Crippen LogP contribution >= 0.6 is 42.5 Å². The Morgan fingerprint density at radius 3 is 2.14 bits per heavy atom. The molecule has 0 N–H and O–H groups in total. The van der Waals surface area contributed by atoms with Crippen LogP contribution < -0.4 is 15.1 Å². The maximum atomic E-state index is 6.72. The van der Waals surface area contributed by atoms with Crippen molar-refractivity contribution in [3.63, 3.8) is 0 Å². The topological polar surface area (TPSA) is 9.23 Å². The molecule has 0 aromatic heterocycles. The Bertz CT molecular complexity index is 1010. The Morgan fingerprint density at radius 1 is 0.821 bits per heavy atom. The van der Waals surface area contributed by atoms with Gasteiger partial charge in [0.25, 0.3) is 0 Å². The van der Waals surface area contributed by atoms with Gasteiger partial charge in [-0.2, -0.15) is 0 Å². The molecular formula is C24H18IOPS. The number of allylic oxidation sites excluding steroid dienone is 2. The number of benzene rings is 3. The highest BCUT2D eigenvalue weighted by Gasteiger charge is 2.55. The molecule has 0 radical (unpaired) electrons. The summed E-state index contributed by atoms with van der Waals surface area (Å²) in [6.45, 7) is 0. The van der Waals surface area contributed by atoms with Crippen LogP contribution in [0.1, 0.15) is 5.56 Å². The summed E-state index contributed by atoms with van der Waals surface area (Å²) >= 11 is 4.47. The average molecular weight is 512 g/mol. The van der Waals surface area contributed by atoms with Gasteiger partial charge in [0.05, 0.1) is 8.32 Å². The van der Waals surface area contributed by atoms with Crippen LogP contribution in [0.15, 0.2) is 103 Å². The summed E-state index contributed by atoms with van der Waals surface area (Å²) in [5.74, 6) is 0.973. The second kappa shape index (κ2) is 7.70. The molecule has 1 nitrogen and oxygen atoms in total. The van der Waals surface area contributed by atoms with Gasteiger partial charge in [-0.15, -0.1) is 11.8 Å². The van der Waals surface area contributed by atoms with E-state index in [9.17, 15) is 0 Å². The molecule has 1 saturated heterocycles. The van der Waals surface area contributed by atoms with Crippen LogP contribution in [0.3, 0.4) is 0 Å². The molecule has 4 heteroatoms. The van der Waals surface area contributed by atoms with E-state index in [0.29, 0.717) is 5.25 Å². The van der Waals surface area contributed by atoms with E-state index in [1.54, 1.807) is 0 Å². The minimum atomic E-state index is -0.920. The van der Waals surface area contributed by atoms with Crippen molar-refractivity contribution in [1.29, 1.82) is 0 Å². The summed E-state index contributed by atoms with van der Waals surface area (Å²) in [6.07, 6.45) is 8.96. The van der Waals surface area contributed by atoms with E-state index >= 15 is 0 Å². The lowest BCUT2D eigenvalue weighted by atomic mass is 9.92. The van der Waals surface area contributed by atoms with E-state index < -0.39 is 8.15 Å². The number of thioether (sulfide) groups is 1. The van der Waals surface area contributed by atoms with Gasteiger partial charge in [-0.05, 0) is 34.2 Å². The maximum Gasteiger partial charge on any atom is 0.150 e. The predicted molar refractivity (Wildman–Crippen MR) is 130 cm³/mol. The standard InChI is InChI=1S/C24H18IOPS/c25-23-20(24-17-8-7-16-22(24)28-24)14-9-15-21(23)26-27(18-10-3-1-4-11-18)19-12-5-2-6-13-19/h1-17,22H. The molecule has 3 aromatic carbocycles. The van der Waals surface area contributed by atoms with Gasteiger partial charge in [-0.1, -0.05) is 97.1 Å². The lowest BCUT2D eigenvalue weighted by Crippen LogP contribution is -2.17. The van der Waals surface area contributed by atoms with E-state index in [1.807, 2.05) is 11.8 Å². The van der Waals surface area contributed by atoms with Crippen molar-refractivity contribution in [3.05, 3.63) is 112 Å². The zero-order valence-electron chi connectivity index (χ0n) is 15.0. The highest BCUT2D eigenvalue weighted by molar-refractivity contribution is 14.1. The van der Waals surface area contributed by atoms with E-state index in [1.165, 1.54) is 19.7 Å². The van der Waals surface area contributed by atoms with Crippen LogP contribution in [-0.2, 0) is 4.75 Å². The van der Waals surface area contributed by atoms with Gasteiger partial charge in [-0.25, -0.2) is 0 Å². The molecule has 1 fully saturated rings. The smallest absolute Gasteiger partial charge is 0.150 e. The van der Waals surface area contributed by atoms with Crippen molar-refractivity contribution >= 4 is 53.1 Å². The lowest BCUT2D eigenvalue weighted by molar-refractivity contribution is 0.622. The second-order valence-corrected chi connectivity index (χ2v) is 11.1. The molecule has 0 saturated carbocycles. The molecule has 2 atom stereocenters. The van der Waals surface area contributed by atoms with Crippen molar-refractivity contribution < 1.29 is 4.52 Å². The molecular weight excluding hydrogens is 494 g/mol. The van der Waals surface area contributed by atoms with Gasteiger partial charge in [0.1, 0.15) is 5.75 Å². The average Bonchev–Trinajstić information content (AvgIpc) is 3.50. The van der Waals surface area contributed by atoms with Crippen molar-refractivity contribution in [2.45, 2.75) is 10.00 Å². The summed E-state index contributed by atoms with van der Waals surface area (Å²) in [4.78, 5) is 0. The molecule has 28 heavy (non-hydrogen) atoms. The maximum absolute atomic E-state index is 6.72. The fourth-order valence-electron chi connectivity index (χ4n) is 3.53. The molecule has 1 heterocycles. The lowest BCUT2D eigenvalue weighted by Gasteiger charge is -2.22. The minimum Gasteiger partial charge on any atom is -0.463 e. The summed E-state index contributed by atoms with van der Waals surface area (Å²) in [6, 6.07) is 27.6. The first-order chi connectivity index (χ1) is 13.8. The first-order valence-corrected chi connectivity index (χ1v) is 12.4. The molecule has 138 valence electrons. The van der Waals surface area contributed by atoms with Crippen molar-refractivity contribution in [2.24, 2.45) is 0 Å². The summed E-state index contributed by atoms with van der Waals surface area (Å²) in [7, 11) is -0.920. The van der Waals surface area contributed by atoms with Crippen LogP contribution in [0.5, 0.6) is 5.75 Å². The Balaban J connectivity index is 1.53. The van der Waals surface area contributed by atoms with E-state index in [2.05, 4.69) is 126 Å². The molecule has 0 amide bonds. The van der Waals surface area contributed by atoms with Gasteiger partial charge in [-0.3, -0.25) is 0 Å². The molecule has 3 aromatic rings. The minimum absolute atomic E-state index is 0.0902. The van der Waals surface area contributed by atoms with Gasteiger partial charge >= 0.3 is 0 Å². The van der Waals surface area contributed by atoms with E-state index in [4.69, 9.17) is 4.52 Å². The Hall–Kier alpha value is -1.55. The summed E-state index contributed by atoms with van der Waals surface area (Å²) in [5, 5.41) is 3.00. The third kappa shape index (κ3) is 3.34. The molecule has 1 aliphatic carbocycles. The van der Waals surface area contributed by atoms with Gasteiger partial charge in [0.15, 0.2) is 8.15 Å². The number of rotatable bonds is 5. The number of hydrogen-bond donors (Lipinski definition) is 0. The molecule has 1 aliphatic heterocycles.